The SMILES string of the molecule is NS(=O)(=O)CC1(COC2COC2)CCCC1. The van der Waals surface area contributed by atoms with Gasteiger partial charge in [0, 0.05) is 5.41 Å². The van der Waals surface area contributed by atoms with Crippen LogP contribution in [0.2, 0.25) is 0 Å². The van der Waals surface area contributed by atoms with E-state index in [0.29, 0.717) is 19.8 Å². The van der Waals surface area contributed by atoms with E-state index in [9.17, 15) is 8.42 Å². The fourth-order valence-electron chi connectivity index (χ4n) is 2.49. The van der Waals surface area contributed by atoms with Crippen molar-refractivity contribution in [3.63, 3.8) is 0 Å². The minimum absolute atomic E-state index is 0.0492. The van der Waals surface area contributed by atoms with Gasteiger partial charge in [0.05, 0.1) is 25.6 Å². The van der Waals surface area contributed by atoms with Crippen LogP contribution < -0.4 is 5.14 Å². The Bertz CT molecular complexity index is 331. The number of hydrogen-bond donors (Lipinski definition) is 1. The summed E-state index contributed by atoms with van der Waals surface area (Å²) in [6, 6.07) is 0. The predicted octanol–water partition coefficient (Wildman–Crippen LogP) is 0.251. The van der Waals surface area contributed by atoms with Crippen molar-refractivity contribution in [2.24, 2.45) is 10.6 Å². The molecule has 1 heterocycles. The van der Waals surface area contributed by atoms with Gasteiger partial charge in [-0.1, -0.05) is 12.8 Å². The van der Waals surface area contributed by atoms with Crippen LogP contribution in [-0.4, -0.2) is 40.1 Å². The summed E-state index contributed by atoms with van der Waals surface area (Å²) in [4.78, 5) is 0. The van der Waals surface area contributed by atoms with Crippen LogP contribution in [0.1, 0.15) is 25.7 Å². The molecule has 2 fully saturated rings. The number of ether oxygens (including phenoxy) is 2. The van der Waals surface area contributed by atoms with E-state index in [1.54, 1.807) is 0 Å². The first kappa shape index (κ1) is 12.3. The number of rotatable bonds is 5. The normalized spacial score (nSPS) is 25.6. The molecule has 94 valence electrons. The van der Waals surface area contributed by atoms with E-state index in [-0.39, 0.29) is 17.3 Å². The molecule has 1 saturated carbocycles. The second-order valence-corrected chi connectivity index (χ2v) is 6.60. The van der Waals surface area contributed by atoms with Crippen LogP contribution in [0.3, 0.4) is 0 Å². The highest BCUT2D eigenvalue weighted by Crippen LogP contribution is 2.39. The Morgan fingerprint density at radius 3 is 2.38 bits per heavy atom. The average Bonchev–Trinajstić information content (AvgIpc) is 2.47. The largest absolute Gasteiger partial charge is 0.376 e. The molecule has 0 amide bonds. The molecule has 0 radical (unpaired) electrons. The first-order chi connectivity index (χ1) is 7.49. The van der Waals surface area contributed by atoms with E-state index in [0.717, 1.165) is 25.7 Å². The van der Waals surface area contributed by atoms with Crippen LogP contribution in [0.15, 0.2) is 0 Å². The molecule has 0 spiro atoms. The molecular weight excluding hydrogens is 230 g/mol. The van der Waals surface area contributed by atoms with Gasteiger partial charge in [0.1, 0.15) is 6.10 Å². The Morgan fingerprint density at radius 1 is 1.31 bits per heavy atom. The molecule has 2 N–H and O–H groups in total. The lowest BCUT2D eigenvalue weighted by Gasteiger charge is -2.33. The molecule has 2 rings (SSSR count). The zero-order chi connectivity index (χ0) is 11.6. The molecule has 1 aliphatic heterocycles. The summed E-state index contributed by atoms with van der Waals surface area (Å²) in [6.07, 6.45) is 4.09. The molecule has 6 heteroatoms. The zero-order valence-corrected chi connectivity index (χ0v) is 10.2. The summed E-state index contributed by atoms with van der Waals surface area (Å²) in [5.41, 5.74) is -0.247. The monoisotopic (exact) mass is 249 g/mol. The van der Waals surface area contributed by atoms with Gasteiger partial charge in [-0.05, 0) is 12.8 Å². The number of nitrogens with two attached hydrogens (primary N) is 1. The second kappa shape index (κ2) is 4.60. The van der Waals surface area contributed by atoms with Gasteiger partial charge in [0.25, 0.3) is 0 Å². The summed E-state index contributed by atoms with van der Waals surface area (Å²) in [6.45, 7) is 1.76. The predicted molar refractivity (Wildman–Crippen MR) is 59.4 cm³/mol. The zero-order valence-electron chi connectivity index (χ0n) is 9.35. The van der Waals surface area contributed by atoms with E-state index < -0.39 is 10.0 Å². The van der Waals surface area contributed by atoms with Crippen LogP contribution in [0.25, 0.3) is 0 Å². The fraction of sp³-hybridized carbons (Fsp3) is 1.00. The van der Waals surface area contributed by atoms with Gasteiger partial charge in [-0.3, -0.25) is 0 Å². The minimum atomic E-state index is -3.41. The van der Waals surface area contributed by atoms with Gasteiger partial charge < -0.3 is 9.47 Å². The van der Waals surface area contributed by atoms with Crippen molar-refractivity contribution in [2.75, 3.05) is 25.6 Å². The third-order valence-corrected chi connectivity index (χ3v) is 4.42. The van der Waals surface area contributed by atoms with Crippen molar-refractivity contribution in [3.8, 4) is 0 Å². The molecule has 16 heavy (non-hydrogen) atoms. The van der Waals surface area contributed by atoms with Crippen molar-refractivity contribution in [2.45, 2.75) is 31.8 Å². The van der Waals surface area contributed by atoms with Gasteiger partial charge in [-0.2, -0.15) is 0 Å². The van der Waals surface area contributed by atoms with Crippen LogP contribution >= 0.6 is 0 Å². The van der Waals surface area contributed by atoms with E-state index in [1.165, 1.54) is 0 Å². The average molecular weight is 249 g/mol. The topological polar surface area (TPSA) is 78.6 Å². The van der Waals surface area contributed by atoms with Crippen molar-refractivity contribution >= 4 is 10.0 Å². The molecule has 1 saturated heterocycles. The summed E-state index contributed by atoms with van der Waals surface area (Å²) in [5.74, 6) is 0.0492. The lowest BCUT2D eigenvalue weighted by atomic mass is 9.90. The molecular formula is C10H19NO4S. The Hall–Kier alpha value is -0.170. The van der Waals surface area contributed by atoms with Crippen LogP contribution in [0.5, 0.6) is 0 Å². The second-order valence-electron chi connectivity index (χ2n) is 4.98. The number of hydrogen-bond acceptors (Lipinski definition) is 4. The molecule has 0 aromatic rings. The maximum Gasteiger partial charge on any atom is 0.209 e. The standard InChI is InChI=1S/C10H19NO4S/c11-16(12,13)8-10(3-1-2-4-10)7-15-9-5-14-6-9/h9H,1-8H2,(H2,11,12,13). The highest BCUT2D eigenvalue weighted by molar-refractivity contribution is 7.89. The Labute approximate surface area is 96.3 Å². The summed E-state index contributed by atoms with van der Waals surface area (Å²) < 4.78 is 33.1. The summed E-state index contributed by atoms with van der Waals surface area (Å²) in [5, 5.41) is 5.15. The molecule has 0 aromatic heterocycles. The highest BCUT2D eigenvalue weighted by Gasteiger charge is 2.38. The van der Waals surface area contributed by atoms with E-state index in [4.69, 9.17) is 14.6 Å². The van der Waals surface area contributed by atoms with Crippen molar-refractivity contribution in [1.29, 1.82) is 0 Å². The van der Waals surface area contributed by atoms with E-state index in [1.807, 2.05) is 0 Å². The third kappa shape index (κ3) is 3.16. The van der Waals surface area contributed by atoms with Crippen LogP contribution in [-0.2, 0) is 19.5 Å². The Kier molecular flexibility index (Phi) is 3.53. The molecule has 2 aliphatic rings. The summed E-state index contributed by atoms with van der Waals surface area (Å²) in [7, 11) is -3.41. The molecule has 1 aliphatic carbocycles. The molecule has 0 unspecified atom stereocenters. The first-order valence-electron chi connectivity index (χ1n) is 5.69. The minimum Gasteiger partial charge on any atom is -0.376 e. The summed E-state index contributed by atoms with van der Waals surface area (Å²) >= 11 is 0. The van der Waals surface area contributed by atoms with Gasteiger partial charge in [-0.25, -0.2) is 13.6 Å². The van der Waals surface area contributed by atoms with Crippen molar-refractivity contribution < 1.29 is 17.9 Å². The smallest absolute Gasteiger partial charge is 0.209 e. The molecule has 5 nitrogen and oxygen atoms in total. The van der Waals surface area contributed by atoms with Gasteiger partial charge in [0.2, 0.25) is 10.0 Å². The Balaban J connectivity index is 1.92. The van der Waals surface area contributed by atoms with Crippen molar-refractivity contribution in [1.82, 2.24) is 0 Å². The quantitative estimate of drug-likeness (QED) is 0.757. The molecule has 0 atom stereocenters. The molecule has 0 aromatic carbocycles. The fourth-order valence-corrected chi connectivity index (χ4v) is 3.71. The van der Waals surface area contributed by atoms with E-state index >= 15 is 0 Å². The van der Waals surface area contributed by atoms with Crippen molar-refractivity contribution in [3.05, 3.63) is 0 Å². The lowest BCUT2D eigenvalue weighted by molar-refractivity contribution is -0.144. The Morgan fingerprint density at radius 2 is 1.94 bits per heavy atom. The maximum absolute atomic E-state index is 11.2. The molecule has 0 bridgehead atoms. The van der Waals surface area contributed by atoms with Crippen LogP contribution in [0.4, 0.5) is 0 Å². The number of primary sulfonamides is 1. The number of sulfonamides is 1. The lowest BCUT2D eigenvalue weighted by Crippen LogP contribution is -2.42. The van der Waals surface area contributed by atoms with Gasteiger partial charge in [0.15, 0.2) is 0 Å². The van der Waals surface area contributed by atoms with Gasteiger partial charge >= 0.3 is 0 Å². The van der Waals surface area contributed by atoms with E-state index in [2.05, 4.69) is 0 Å². The first-order valence-corrected chi connectivity index (χ1v) is 7.41. The highest BCUT2D eigenvalue weighted by atomic mass is 32.2. The van der Waals surface area contributed by atoms with Gasteiger partial charge in [-0.15, -0.1) is 0 Å². The third-order valence-electron chi connectivity index (χ3n) is 3.40. The maximum atomic E-state index is 11.2. The van der Waals surface area contributed by atoms with Crippen LogP contribution in [0, 0.1) is 5.41 Å².